The Balaban J connectivity index is 1.60. The van der Waals surface area contributed by atoms with Crippen molar-refractivity contribution in [2.75, 3.05) is 12.1 Å². The number of furan rings is 1. The van der Waals surface area contributed by atoms with Crippen LogP contribution in [0.1, 0.15) is 21.7 Å². The quantitative estimate of drug-likeness (QED) is 0.410. The molecule has 0 saturated carbocycles. The summed E-state index contributed by atoms with van der Waals surface area (Å²) in [5, 5.41) is 1.21. The van der Waals surface area contributed by atoms with Crippen LogP contribution in [0.25, 0.3) is 17.4 Å². The summed E-state index contributed by atoms with van der Waals surface area (Å²) in [6, 6.07) is 17.4. The van der Waals surface area contributed by atoms with E-state index in [2.05, 4.69) is 5.43 Å². The van der Waals surface area contributed by atoms with Crippen molar-refractivity contribution < 1.29 is 23.5 Å². The molecule has 1 aliphatic rings. The fourth-order valence-corrected chi connectivity index (χ4v) is 3.08. The highest BCUT2D eigenvalue weighted by atomic mass is 16.5. The molecule has 30 heavy (non-hydrogen) atoms. The summed E-state index contributed by atoms with van der Waals surface area (Å²) in [4.78, 5) is 36.8. The Hall–Kier alpha value is -4.13. The number of carbonyl (C=O) groups is 3. The zero-order valence-corrected chi connectivity index (χ0v) is 16.3. The first-order chi connectivity index (χ1) is 14.5. The second-order valence-electron chi connectivity index (χ2n) is 6.75. The van der Waals surface area contributed by atoms with E-state index in [0.717, 1.165) is 5.56 Å². The Morgan fingerprint density at radius 3 is 2.57 bits per heavy atom. The predicted molar refractivity (Wildman–Crippen MR) is 110 cm³/mol. The Kier molecular flexibility index (Phi) is 4.93. The molecule has 1 saturated heterocycles. The van der Waals surface area contributed by atoms with Crippen LogP contribution in [0.5, 0.6) is 0 Å². The summed E-state index contributed by atoms with van der Waals surface area (Å²) < 4.78 is 10.5. The van der Waals surface area contributed by atoms with Crippen molar-refractivity contribution >= 4 is 29.5 Å². The number of ether oxygens (including phenoxy) is 1. The van der Waals surface area contributed by atoms with Crippen molar-refractivity contribution in [1.29, 1.82) is 0 Å². The Labute approximate surface area is 172 Å². The van der Waals surface area contributed by atoms with Crippen molar-refractivity contribution in [1.82, 2.24) is 5.43 Å². The molecule has 4 rings (SSSR count). The summed E-state index contributed by atoms with van der Waals surface area (Å²) in [7, 11) is 1.32. The summed E-state index contributed by atoms with van der Waals surface area (Å²) in [6.45, 7) is 1.94. The average Bonchev–Trinajstić information content (AvgIpc) is 3.34. The van der Waals surface area contributed by atoms with Crippen LogP contribution in [0.15, 0.2) is 70.7 Å². The lowest BCUT2D eigenvalue weighted by Gasteiger charge is -2.14. The van der Waals surface area contributed by atoms with Gasteiger partial charge in [-0.3, -0.25) is 15.0 Å². The van der Waals surface area contributed by atoms with Gasteiger partial charge in [0.2, 0.25) is 0 Å². The van der Waals surface area contributed by atoms with Gasteiger partial charge in [0.25, 0.3) is 11.8 Å². The lowest BCUT2D eigenvalue weighted by Crippen LogP contribution is -2.35. The molecule has 2 aromatic carbocycles. The first kappa shape index (κ1) is 19.2. The molecule has 0 bridgehead atoms. The second-order valence-corrected chi connectivity index (χ2v) is 6.75. The lowest BCUT2D eigenvalue weighted by molar-refractivity contribution is -0.117. The molecule has 150 valence electrons. The zero-order valence-electron chi connectivity index (χ0n) is 16.3. The van der Waals surface area contributed by atoms with Gasteiger partial charge in [-0.1, -0.05) is 29.8 Å². The third kappa shape index (κ3) is 3.60. The standard InChI is InChI=1S/C23H18N2O5/c1-14-6-8-17(9-7-14)25-22(27)19(21(26)24-25)13-18-10-11-20(30-18)15-4-3-5-16(12-15)23(28)29-2/h3-13H,1-2H3,(H,24,26)/b19-13+. The van der Waals surface area contributed by atoms with Gasteiger partial charge >= 0.3 is 5.97 Å². The Morgan fingerprint density at radius 1 is 1.07 bits per heavy atom. The number of esters is 1. The van der Waals surface area contributed by atoms with E-state index in [1.165, 1.54) is 18.2 Å². The molecular formula is C23H18N2O5. The highest BCUT2D eigenvalue weighted by Gasteiger charge is 2.34. The van der Waals surface area contributed by atoms with Gasteiger partial charge in [-0.15, -0.1) is 0 Å². The molecule has 3 aromatic rings. The van der Waals surface area contributed by atoms with Gasteiger partial charge in [0.05, 0.1) is 18.4 Å². The van der Waals surface area contributed by atoms with E-state index in [1.54, 1.807) is 48.5 Å². The van der Waals surface area contributed by atoms with Gasteiger partial charge in [0.1, 0.15) is 17.1 Å². The smallest absolute Gasteiger partial charge is 0.337 e. The number of carbonyl (C=O) groups excluding carboxylic acids is 3. The van der Waals surface area contributed by atoms with Crippen LogP contribution in [0.3, 0.4) is 0 Å². The largest absolute Gasteiger partial charge is 0.465 e. The second kappa shape index (κ2) is 7.71. The Morgan fingerprint density at radius 2 is 1.83 bits per heavy atom. The normalized spacial score (nSPS) is 14.9. The molecule has 0 aliphatic carbocycles. The van der Waals surface area contributed by atoms with Crippen molar-refractivity contribution in [2.24, 2.45) is 0 Å². The van der Waals surface area contributed by atoms with Gasteiger partial charge in [-0.25, -0.2) is 9.80 Å². The number of anilines is 1. The van der Waals surface area contributed by atoms with Gasteiger partial charge in [-0.05, 0) is 49.4 Å². The lowest BCUT2D eigenvalue weighted by atomic mass is 10.1. The minimum atomic E-state index is -0.508. The summed E-state index contributed by atoms with van der Waals surface area (Å²) >= 11 is 0. The minimum Gasteiger partial charge on any atom is -0.465 e. The number of hydrazine groups is 1. The van der Waals surface area contributed by atoms with E-state index >= 15 is 0 Å². The molecule has 0 unspecified atom stereocenters. The van der Waals surface area contributed by atoms with Gasteiger partial charge < -0.3 is 9.15 Å². The zero-order chi connectivity index (χ0) is 21.3. The summed E-state index contributed by atoms with van der Waals surface area (Å²) in [6.07, 6.45) is 1.40. The minimum absolute atomic E-state index is 0.0280. The Bertz CT molecular complexity index is 1170. The number of nitrogens with one attached hydrogen (secondary N) is 1. The maximum absolute atomic E-state index is 12.7. The van der Waals surface area contributed by atoms with Gasteiger partial charge in [-0.2, -0.15) is 0 Å². The first-order valence-corrected chi connectivity index (χ1v) is 9.18. The van der Waals surface area contributed by atoms with E-state index in [9.17, 15) is 14.4 Å². The molecule has 0 spiro atoms. The molecular weight excluding hydrogens is 384 g/mol. The van der Waals surface area contributed by atoms with Gasteiger partial charge in [0.15, 0.2) is 0 Å². The van der Waals surface area contributed by atoms with Crippen LogP contribution in [0.4, 0.5) is 5.69 Å². The third-order valence-corrected chi connectivity index (χ3v) is 4.67. The number of amides is 2. The predicted octanol–water partition coefficient (Wildman–Crippen LogP) is 3.50. The topological polar surface area (TPSA) is 88.9 Å². The SMILES string of the molecule is COC(=O)c1cccc(-c2ccc(/C=C3\C(=O)NN(c4ccc(C)cc4)C3=O)o2)c1. The molecule has 1 aliphatic heterocycles. The van der Waals surface area contributed by atoms with E-state index in [-0.39, 0.29) is 5.57 Å². The molecule has 7 nitrogen and oxygen atoms in total. The number of hydrogen-bond acceptors (Lipinski definition) is 5. The molecule has 1 N–H and O–H groups in total. The molecule has 2 heterocycles. The number of methoxy groups -OCH3 is 1. The van der Waals surface area contributed by atoms with Crippen molar-refractivity contribution in [3.63, 3.8) is 0 Å². The van der Waals surface area contributed by atoms with Crippen LogP contribution in [-0.4, -0.2) is 24.9 Å². The highest BCUT2D eigenvalue weighted by Crippen LogP contribution is 2.26. The molecule has 7 heteroatoms. The summed E-state index contributed by atoms with van der Waals surface area (Å²) in [5.41, 5.74) is 5.22. The van der Waals surface area contributed by atoms with Crippen LogP contribution in [-0.2, 0) is 14.3 Å². The van der Waals surface area contributed by atoms with Crippen LogP contribution in [0, 0.1) is 6.92 Å². The van der Waals surface area contributed by atoms with E-state index in [0.29, 0.717) is 28.3 Å². The molecule has 0 atom stereocenters. The molecule has 1 aromatic heterocycles. The van der Waals surface area contributed by atoms with Gasteiger partial charge in [0, 0.05) is 5.56 Å². The number of benzene rings is 2. The molecule has 2 amide bonds. The fourth-order valence-electron chi connectivity index (χ4n) is 3.08. The van der Waals surface area contributed by atoms with E-state index in [1.807, 2.05) is 19.1 Å². The number of nitrogens with zero attached hydrogens (tertiary/aromatic N) is 1. The van der Waals surface area contributed by atoms with Crippen LogP contribution < -0.4 is 10.4 Å². The molecule has 0 radical (unpaired) electrons. The van der Waals surface area contributed by atoms with Crippen molar-refractivity contribution in [2.45, 2.75) is 6.92 Å². The highest BCUT2D eigenvalue weighted by molar-refractivity contribution is 6.31. The van der Waals surface area contributed by atoms with Crippen LogP contribution in [0.2, 0.25) is 0 Å². The van der Waals surface area contributed by atoms with Crippen molar-refractivity contribution in [3.8, 4) is 11.3 Å². The third-order valence-electron chi connectivity index (χ3n) is 4.67. The van der Waals surface area contributed by atoms with E-state index < -0.39 is 17.8 Å². The average molecular weight is 402 g/mol. The van der Waals surface area contributed by atoms with Crippen LogP contribution >= 0.6 is 0 Å². The number of hydrogen-bond donors (Lipinski definition) is 1. The van der Waals surface area contributed by atoms with E-state index in [4.69, 9.17) is 9.15 Å². The summed E-state index contributed by atoms with van der Waals surface area (Å²) in [5.74, 6) is -0.581. The monoisotopic (exact) mass is 402 g/mol. The molecule has 1 fully saturated rings. The van der Waals surface area contributed by atoms with Crippen molar-refractivity contribution in [3.05, 3.63) is 83.1 Å². The first-order valence-electron chi connectivity index (χ1n) is 9.18. The number of aryl methyl sites for hydroxylation is 1. The number of rotatable bonds is 4. The fraction of sp³-hybridized carbons (Fsp3) is 0.0870. The maximum Gasteiger partial charge on any atom is 0.337 e. The maximum atomic E-state index is 12.7.